The molecule has 0 aliphatic heterocycles. The summed E-state index contributed by atoms with van der Waals surface area (Å²) in [5.74, 6) is -0.686. The number of hydrogen-bond donors (Lipinski definition) is 1. The van der Waals surface area contributed by atoms with Crippen molar-refractivity contribution in [2.75, 3.05) is 11.4 Å². The van der Waals surface area contributed by atoms with Gasteiger partial charge in [-0.2, -0.15) is 0 Å². The quantitative estimate of drug-likeness (QED) is 0.823. The van der Waals surface area contributed by atoms with Gasteiger partial charge in [0.1, 0.15) is 5.82 Å². The van der Waals surface area contributed by atoms with Crippen molar-refractivity contribution < 1.29 is 14.0 Å². The van der Waals surface area contributed by atoms with Gasteiger partial charge in [-0.3, -0.25) is 9.59 Å². The van der Waals surface area contributed by atoms with Crippen LogP contribution in [-0.2, 0) is 16.1 Å². The van der Waals surface area contributed by atoms with Crippen molar-refractivity contribution in [2.24, 2.45) is 0 Å². The second-order valence-electron chi connectivity index (χ2n) is 6.24. The van der Waals surface area contributed by atoms with E-state index >= 15 is 0 Å². The van der Waals surface area contributed by atoms with Crippen LogP contribution in [0.5, 0.6) is 0 Å². The van der Waals surface area contributed by atoms with Crippen LogP contribution in [0.2, 0.25) is 5.02 Å². The van der Waals surface area contributed by atoms with Crippen LogP contribution >= 0.6 is 11.6 Å². The van der Waals surface area contributed by atoms with E-state index in [0.717, 1.165) is 16.7 Å². The number of anilines is 1. The van der Waals surface area contributed by atoms with E-state index in [9.17, 15) is 14.0 Å². The van der Waals surface area contributed by atoms with E-state index in [-0.39, 0.29) is 30.6 Å². The molecule has 2 aromatic rings. The molecule has 4 nitrogen and oxygen atoms in total. The normalized spacial score (nSPS) is 10.5. The third kappa shape index (κ3) is 5.30. The lowest BCUT2D eigenvalue weighted by molar-refractivity contribution is -0.121. The van der Waals surface area contributed by atoms with Crippen molar-refractivity contribution in [3.8, 4) is 0 Å². The zero-order valence-electron chi connectivity index (χ0n) is 15.1. The molecule has 1 N–H and O–H groups in total. The van der Waals surface area contributed by atoms with Crippen molar-refractivity contribution in [3.63, 3.8) is 0 Å². The van der Waals surface area contributed by atoms with Crippen molar-refractivity contribution in [1.29, 1.82) is 0 Å². The smallest absolute Gasteiger partial charge is 0.223 e. The summed E-state index contributed by atoms with van der Waals surface area (Å²) in [6, 6.07) is 9.68. The fourth-order valence-electron chi connectivity index (χ4n) is 2.78. The molecule has 6 heteroatoms. The predicted molar refractivity (Wildman–Crippen MR) is 102 cm³/mol. The minimum absolute atomic E-state index is 0.143. The molecule has 0 saturated heterocycles. The SMILES string of the molecule is CC(=O)N(CCC(=O)NCc1ccc(F)cc1)c1c(C)cc(C)cc1Cl. The summed E-state index contributed by atoms with van der Waals surface area (Å²) < 4.78 is 12.9. The van der Waals surface area contributed by atoms with Crippen LogP contribution in [0.4, 0.5) is 10.1 Å². The third-order valence-corrected chi connectivity index (χ3v) is 4.30. The number of carbonyl (C=O) groups is 2. The number of nitrogens with zero attached hydrogens (tertiary/aromatic N) is 1. The van der Waals surface area contributed by atoms with Gasteiger partial charge in [-0.05, 0) is 48.7 Å². The first-order valence-corrected chi connectivity index (χ1v) is 8.71. The van der Waals surface area contributed by atoms with Gasteiger partial charge in [-0.1, -0.05) is 29.8 Å². The number of amides is 2. The summed E-state index contributed by atoms with van der Waals surface area (Å²) >= 11 is 6.32. The van der Waals surface area contributed by atoms with E-state index in [1.165, 1.54) is 24.0 Å². The summed E-state index contributed by atoms with van der Waals surface area (Å²) in [6.07, 6.45) is 0.143. The molecular formula is C20H22ClFN2O2. The highest BCUT2D eigenvalue weighted by atomic mass is 35.5. The number of carbonyl (C=O) groups excluding carboxylic acids is 2. The molecule has 0 heterocycles. The Labute approximate surface area is 158 Å². The highest BCUT2D eigenvalue weighted by Crippen LogP contribution is 2.31. The van der Waals surface area contributed by atoms with E-state index in [2.05, 4.69) is 5.32 Å². The van der Waals surface area contributed by atoms with E-state index in [4.69, 9.17) is 11.6 Å². The molecule has 2 rings (SSSR count). The minimum atomic E-state index is -0.317. The fraction of sp³-hybridized carbons (Fsp3) is 0.300. The Morgan fingerprint density at radius 2 is 1.81 bits per heavy atom. The predicted octanol–water partition coefficient (Wildman–Crippen LogP) is 4.16. The molecule has 0 atom stereocenters. The first kappa shape index (κ1) is 19.9. The van der Waals surface area contributed by atoms with Gasteiger partial charge < -0.3 is 10.2 Å². The second-order valence-corrected chi connectivity index (χ2v) is 6.64. The lowest BCUT2D eigenvalue weighted by atomic mass is 10.1. The first-order valence-electron chi connectivity index (χ1n) is 8.34. The van der Waals surface area contributed by atoms with Crippen LogP contribution < -0.4 is 10.2 Å². The molecule has 0 aromatic heterocycles. The van der Waals surface area contributed by atoms with Crippen LogP contribution in [0.3, 0.4) is 0 Å². The molecule has 0 unspecified atom stereocenters. The average Bonchev–Trinajstić information content (AvgIpc) is 2.56. The Balaban J connectivity index is 1.99. The molecule has 26 heavy (non-hydrogen) atoms. The van der Waals surface area contributed by atoms with Crippen molar-refractivity contribution in [3.05, 3.63) is 63.9 Å². The lowest BCUT2D eigenvalue weighted by Gasteiger charge is -2.24. The number of hydrogen-bond acceptors (Lipinski definition) is 2. The van der Waals surface area contributed by atoms with Crippen LogP contribution in [0.25, 0.3) is 0 Å². The highest BCUT2D eigenvalue weighted by Gasteiger charge is 2.18. The molecule has 2 aromatic carbocycles. The minimum Gasteiger partial charge on any atom is -0.352 e. The van der Waals surface area contributed by atoms with Crippen LogP contribution in [0.1, 0.15) is 30.0 Å². The molecule has 0 fully saturated rings. The zero-order valence-corrected chi connectivity index (χ0v) is 15.9. The van der Waals surface area contributed by atoms with Crippen LogP contribution in [0.15, 0.2) is 36.4 Å². The maximum atomic E-state index is 12.9. The van der Waals surface area contributed by atoms with Gasteiger partial charge in [-0.25, -0.2) is 4.39 Å². The molecule has 0 spiro atoms. The molecule has 0 aliphatic carbocycles. The van der Waals surface area contributed by atoms with Gasteiger partial charge in [-0.15, -0.1) is 0 Å². The Kier molecular flexibility index (Phi) is 6.75. The van der Waals surface area contributed by atoms with E-state index in [1.54, 1.807) is 18.2 Å². The molecule has 138 valence electrons. The Morgan fingerprint density at radius 3 is 2.38 bits per heavy atom. The maximum Gasteiger partial charge on any atom is 0.223 e. The standard InChI is InChI=1S/C20H22ClFN2O2/c1-13-10-14(2)20(18(21)11-13)24(15(3)25)9-8-19(26)23-12-16-4-6-17(22)7-5-16/h4-7,10-11H,8-9,12H2,1-3H3,(H,23,26). The number of aryl methyl sites for hydroxylation is 2. The summed E-state index contributed by atoms with van der Waals surface area (Å²) in [4.78, 5) is 25.7. The molecule has 0 saturated carbocycles. The van der Waals surface area contributed by atoms with Gasteiger partial charge in [0, 0.05) is 26.4 Å². The van der Waals surface area contributed by atoms with Gasteiger partial charge in [0.25, 0.3) is 0 Å². The number of benzene rings is 2. The Hall–Kier alpha value is -2.40. The molecule has 0 radical (unpaired) electrons. The summed E-state index contributed by atoms with van der Waals surface area (Å²) in [5, 5.41) is 3.26. The lowest BCUT2D eigenvalue weighted by Crippen LogP contribution is -2.34. The van der Waals surface area contributed by atoms with E-state index < -0.39 is 0 Å². The molecular weight excluding hydrogens is 355 g/mol. The first-order chi connectivity index (χ1) is 12.3. The van der Waals surface area contributed by atoms with E-state index in [0.29, 0.717) is 17.3 Å². The highest BCUT2D eigenvalue weighted by molar-refractivity contribution is 6.34. The zero-order chi connectivity index (χ0) is 19.3. The fourth-order valence-corrected chi connectivity index (χ4v) is 3.20. The number of halogens is 2. The Bertz CT molecular complexity index is 783. The van der Waals surface area contributed by atoms with Crippen molar-refractivity contribution in [1.82, 2.24) is 5.32 Å². The summed E-state index contributed by atoms with van der Waals surface area (Å²) in [6.45, 7) is 5.81. The van der Waals surface area contributed by atoms with Gasteiger partial charge in [0.05, 0.1) is 10.7 Å². The second kappa shape index (κ2) is 8.81. The third-order valence-electron chi connectivity index (χ3n) is 4.01. The maximum absolute atomic E-state index is 12.9. The van der Waals surface area contributed by atoms with Crippen molar-refractivity contribution >= 4 is 29.1 Å². The largest absolute Gasteiger partial charge is 0.352 e. The number of rotatable bonds is 6. The van der Waals surface area contributed by atoms with Crippen LogP contribution in [-0.4, -0.2) is 18.4 Å². The van der Waals surface area contributed by atoms with E-state index in [1.807, 2.05) is 19.9 Å². The van der Waals surface area contributed by atoms with Crippen LogP contribution in [0, 0.1) is 19.7 Å². The Morgan fingerprint density at radius 1 is 1.15 bits per heavy atom. The van der Waals surface area contributed by atoms with Gasteiger partial charge in [0.15, 0.2) is 0 Å². The average molecular weight is 377 g/mol. The monoisotopic (exact) mass is 376 g/mol. The molecule has 2 amide bonds. The topological polar surface area (TPSA) is 49.4 Å². The molecule has 0 bridgehead atoms. The number of nitrogens with one attached hydrogen (secondary N) is 1. The van der Waals surface area contributed by atoms with Crippen molar-refractivity contribution in [2.45, 2.75) is 33.7 Å². The summed E-state index contributed by atoms with van der Waals surface area (Å²) in [7, 11) is 0. The van der Waals surface area contributed by atoms with Gasteiger partial charge in [0.2, 0.25) is 11.8 Å². The van der Waals surface area contributed by atoms with Gasteiger partial charge >= 0.3 is 0 Å². The molecule has 0 aliphatic rings. The summed E-state index contributed by atoms with van der Waals surface area (Å²) in [5.41, 5.74) is 3.34.